The standard InChI is InChI=1S/C23H28O5/c1-3-5-6-7-8-16-27-20-14-12-18(13-15-20)23(25)28-21-11-9-10-19(17-21)22(24)26-4-2/h9-15,17H,3-8,16H2,1-2H3. The molecule has 0 aliphatic carbocycles. The Kier molecular flexibility index (Phi) is 9.05. The third kappa shape index (κ3) is 7.06. The first-order valence-corrected chi connectivity index (χ1v) is 9.86. The Labute approximate surface area is 166 Å². The number of hydrogen-bond donors (Lipinski definition) is 0. The molecule has 5 heteroatoms. The van der Waals surface area contributed by atoms with Gasteiger partial charge in [-0.1, -0.05) is 38.7 Å². The molecule has 0 aromatic heterocycles. The molecule has 0 saturated heterocycles. The molecule has 0 spiro atoms. The van der Waals surface area contributed by atoms with Crippen LogP contribution in [0, 0.1) is 0 Å². The Morgan fingerprint density at radius 3 is 2.25 bits per heavy atom. The molecule has 2 aromatic carbocycles. The van der Waals surface area contributed by atoms with Crippen molar-refractivity contribution in [2.75, 3.05) is 13.2 Å². The number of rotatable bonds is 11. The van der Waals surface area contributed by atoms with Gasteiger partial charge in [0.25, 0.3) is 0 Å². The van der Waals surface area contributed by atoms with Crippen LogP contribution in [0.3, 0.4) is 0 Å². The SMILES string of the molecule is CCCCCCCOc1ccc(C(=O)Oc2cccc(C(=O)OCC)c2)cc1. The van der Waals surface area contributed by atoms with Crippen molar-refractivity contribution in [1.29, 1.82) is 0 Å². The average Bonchev–Trinajstić information content (AvgIpc) is 2.71. The number of benzene rings is 2. The lowest BCUT2D eigenvalue weighted by molar-refractivity contribution is 0.0524. The van der Waals surface area contributed by atoms with E-state index in [0.29, 0.717) is 23.5 Å². The Bertz CT molecular complexity index is 752. The van der Waals surface area contributed by atoms with E-state index >= 15 is 0 Å². The monoisotopic (exact) mass is 384 g/mol. The van der Waals surface area contributed by atoms with Gasteiger partial charge in [0.2, 0.25) is 0 Å². The van der Waals surface area contributed by atoms with Crippen LogP contribution in [0.1, 0.15) is 66.7 Å². The number of esters is 2. The summed E-state index contributed by atoms with van der Waals surface area (Å²) in [7, 11) is 0. The summed E-state index contributed by atoms with van der Waals surface area (Å²) in [6.45, 7) is 4.89. The first-order valence-electron chi connectivity index (χ1n) is 9.86. The highest BCUT2D eigenvalue weighted by Gasteiger charge is 2.12. The van der Waals surface area contributed by atoms with Gasteiger partial charge in [-0.3, -0.25) is 0 Å². The highest BCUT2D eigenvalue weighted by Crippen LogP contribution is 2.18. The lowest BCUT2D eigenvalue weighted by Gasteiger charge is -2.08. The van der Waals surface area contributed by atoms with Crippen LogP contribution < -0.4 is 9.47 Å². The zero-order valence-electron chi connectivity index (χ0n) is 16.6. The van der Waals surface area contributed by atoms with E-state index in [-0.39, 0.29) is 6.61 Å². The van der Waals surface area contributed by atoms with Crippen molar-refractivity contribution in [2.24, 2.45) is 0 Å². The van der Waals surface area contributed by atoms with Crippen LogP contribution in [0.5, 0.6) is 11.5 Å². The van der Waals surface area contributed by atoms with Crippen LogP contribution in [0.2, 0.25) is 0 Å². The summed E-state index contributed by atoms with van der Waals surface area (Å²) in [4.78, 5) is 24.1. The summed E-state index contributed by atoms with van der Waals surface area (Å²) in [5.74, 6) is 0.0861. The second-order valence-corrected chi connectivity index (χ2v) is 6.42. The highest BCUT2D eigenvalue weighted by atomic mass is 16.5. The van der Waals surface area contributed by atoms with Gasteiger partial charge in [-0.05, 0) is 55.8 Å². The van der Waals surface area contributed by atoms with E-state index in [0.717, 1.165) is 12.2 Å². The van der Waals surface area contributed by atoms with Gasteiger partial charge in [-0.25, -0.2) is 9.59 Å². The molecule has 0 atom stereocenters. The van der Waals surface area contributed by atoms with Crippen LogP contribution in [0.15, 0.2) is 48.5 Å². The third-order valence-corrected chi connectivity index (χ3v) is 4.16. The Morgan fingerprint density at radius 1 is 0.786 bits per heavy atom. The van der Waals surface area contributed by atoms with E-state index in [9.17, 15) is 9.59 Å². The fourth-order valence-corrected chi connectivity index (χ4v) is 2.65. The summed E-state index contributed by atoms with van der Waals surface area (Å²) in [6.07, 6.45) is 5.93. The molecule has 0 fully saturated rings. The number of unbranched alkanes of at least 4 members (excludes halogenated alkanes) is 4. The fraction of sp³-hybridized carbons (Fsp3) is 0.391. The van der Waals surface area contributed by atoms with E-state index < -0.39 is 11.9 Å². The molecule has 150 valence electrons. The minimum atomic E-state index is -0.493. The summed E-state index contributed by atoms with van der Waals surface area (Å²) < 4.78 is 16.0. The largest absolute Gasteiger partial charge is 0.494 e. The van der Waals surface area contributed by atoms with Crippen molar-refractivity contribution >= 4 is 11.9 Å². The normalized spacial score (nSPS) is 10.4. The van der Waals surface area contributed by atoms with Crippen LogP contribution in [0.25, 0.3) is 0 Å². The maximum atomic E-state index is 12.3. The van der Waals surface area contributed by atoms with Crippen molar-refractivity contribution < 1.29 is 23.8 Å². The minimum Gasteiger partial charge on any atom is -0.494 e. The molecular weight excluding hydrogens is 356 g/mol. The number of ether oxygens (including phenoxy) is 3. The van der Waals surface area contributed by atoms with Crippen LogP contribution in [-0.4, -0.2) is 25.2 Å². The van der Waals surface area contributed by atoms with Gasteiger partial charge in [-0.2, -0.15) is 0 Å². The van der Waals surface area contributed by atoms with Gasteiger partial charge in [-0.15, -0.1) is 0 Å². The molecule has 0 bridgehead atoms. The quantitative estimate of drug-likeness (QED) is 0.294. The lowest BCUT2D eigenvalue weighted by Crippen LogP contribution is -2.10. The van der Waals surface area contributed by atoms with Gasteiger partial charge in [0.15, 0.2) is 0 Å². The molecule has 0 aliphatic heterocycles. The Hall–Kier alpha value is -2.82. The van der Waals surface area contributed by atoms with Crippen molar-refractivity contribution in [3.05, 3.63) is 59.7 Å². The maximum Gasteiger partial charge on any atom is 0.343 e. The topological polar surface area (TPSA) is 61.8 Å². The van der Waals surface area contributed by atoms with Gasteiger partial charge in [0.1, 0.15) is 11.5 Å². The predicted molar refractivity (Wildman–Crippen MR) is 108 cm³/mol. The summed E-state index contributed by atoms with van der Waals surface area (Å²) >= 11 is 0. The number of hydrogen-bond acceptors (Lipinski definition) is 5. The van der Waals surface area contributed by atoms with Crippen LogP contribution in [0.4, 0.5) is 0 Å². The molecule has 5 nitrogen and oxygen atoms in total. The van der Waals surface area contributed by atoms with Crippen molar-refractivity contribution in [1.82, 2.24) is 0 Å². The Morgan fingerprint density at radius 2 is 1.54 bits per heavy atom. The highest BCUT2D eigenvalue weighted by molar-refractivity contribution is 5.92. The van der Waals surface area contributed by atoms with Gasteiger partial charge in [0, 0.05) is 0 Å². The summed E-state index contributed by atoms with van der Waals surface area (Å²) in [5.41, 5.74) is 0.756. The molecule has 0 radical (unpaired) electrons. The average molecular weight is 384 g/mol. The molecule has 0 saturated carbocycles. The van der Waals surface area contributed by atoms with Crippen molar-refractivity contribution in [3.8, 4) is 11.5 Å². The van der Waals surface area contributed by atoms with E-state index in [2.05, 4.69) is 6.92 Å². The fourth-order valence-electron chi connectivity index (χ4n) is 2.65. The van der Waals surface area contributed by atoms with E-state index in [4.69, 9.17) is 14.2 Å². The Balaban J connectivity index is 1.86. The second kappa shape index (κ2) is 11.8. The number of carbonyl (C=O) groups is 2. The molecule has 0 heterocycles. The summed E-state index contributed by atoms with van der Waals surface area (Å²) in [5, 5.41) is 0. The molecule has 0 unspecified atom stereocenters. The van der Waals surface area contributed by atoms with Gasteiger partial charge in [0.05, 0.1) is 24.3 Å². The zero-order chi connectivity index (χ0) is 20.2. The minimum absolute atomic E-state index is 0.288. The number of carbonyl (C=O) groups excluding carboxylic acids is 2. The molecule has 0 N–H and O–H groups in total. The van der Waals surface area contributed by atoms with E-state index in [1.54, 1.807) is 49.4 Å². The zero-order valence-corrected chi connectivity index (χ0v) is 16.6. The molecule has 2 aromatic rings. The maximum absolute atomic E-state index is 12.3. The second-order valence-electron chi connectivity index (χ2n) is 6.42. The molecule has 28 heavy (non-hydrogen) atoms. The van der Waals surface area contributed by atoms with Gasteiger partial charge < -0.3 is 14.2 Å². The smallest absolute Gasteiger partial charge is 0.343 e. The molecule has 0 aliphatic rings. The molecular formula is C23H28O5. The third-order valence-electron chi connectivity index (χ3n) is 4.16. The first-order chi connectivity index (χ1) is 13.6. The van der Waals surface area contributed by atoms with E-state index in [1.165, 1.54) is 31.7 Å². The van der Waals surface area contributed by atoms with E-state index in [1.807, 2.05) is 0 Å². The predicted octanol–water partition coefficient (Wildman–Crippen LogP) is 5.43. The molecule has 0 amide bonds. The van der Waals surface area contributed by atoms with Gasteiger partial charge >= 0.3 is 11.9 Å². The van der Waals surface area contributed by atoms with Crippen LogP contribution >= 0.6 is 0 Å². The first kappa shape index (κ1) is 21.5. The lowest BCUT2D eigenvalue weighted by atomic mass is 10.2. The summed E-state index contributed by atoms with van der Waals surface area (Å²) in [6, 6.07) is 13.2. The van der Waals surface area contributed by atoms with Crippen molar-refractivity contribution in [3.63, 3.8) is 0 Å². The van der Waals surface area contributed by atoms with Crippen molar-refractivity contribution in [2.45, 2.75) is 46.0 Å². The molecule has 2 rings (SSSR count). The van der Waals surface area contributed by atoms with Crippen LogP contribution in [-0.2, 0) is 4.74 Å².